The number of anilines is 2. The van der Waals surface area contributed by atoms with E-state index in [0.717, 1.165) is 19.4 Å². The Balaban J connectivity index is 1.89. The van der Waals surface area contributed by atoms with E-state index < -0.39 is 9.84 Å². The maximum atomic E-state index is 11.5. The Bertz CT molecular complexity index is 540. The van der Waals surface area contributed by atoms with Crippen LogP contribution in [0.4, 0.5) is 11.4 Å². The molecular weight excluding hydrogens is 248 g/mol. The maximum absolute atomic E-state index is 11.5. The number of rotatable bonds is 1. The first-order chi connectivity index (χ1) is 8.66. The number of nitrogens with zero attached hydrogens (tertiary/aromatic N) is 1. The van der Waals surface area contributed by atoms with Crippen molar-refractivity contribution in [3.8, 4) is 0 Å². The van der Waals surface area contributed by atoms with Crippen molar-refractivity contribution in [2.45, 2.75) is 12.8 Å². The Morgan fingerprint density at radius 1 is 1.17 bits per heavy atom. The third-order valence-electron chi connectivity index (χ3n) is 3.76. The topological polar surface area (TPSA) is 49.4 Å². The molecule has 2 aliphatic rings. The molecule has 1 saturated heterocycles. The molecular formula is C13H18N2O2S. The van der Waals surface area contributed by atoms with Crippen LogP contribution >= 0.6 is 0 Å². The van der Waals surface area contributed by atoms with Crippen molar-refractivity contribution >= 4 is 21.2 Å². The first-order valence-corrected chi connectivity index (χ1v) is 8.29. The number of nitrogens with one attached hydrogen (secondary N) is 1. The molecule has 0 atom stereocenters. The molecule has 4 nitrogen and oxygen atoms in total. The third kappa shape index (κ3) is 2.19. The summed E-state index contributed by atoms with van der Waals surface area (Å²) in [7, 11) is -2.80. The molecule has 1 N–H and O–H groups in total. The first kappa shape index (κ1) is 11.8. The zero-order valence-electron chi connectivity index (χ0n) is 10.4. The Hall–Kier alpha value is -1.23. The highest BCUT2D eigenvalue weighted by Gasteiger charge is 2.24. The van der Waals surface area contributed by atoms with E-state index >= 15 is 0 Å². The minimum Gasteiger partial charge on any atom is -0.385 e. The Labute approximate surface area is 108 Å². The lowest BCUT2D eigenvalue weighted by molar-refractivity contribution is 0.586. The molecule has 98 valence electrons. The molecule has 0 aromatic heterocycles. The summed E-state index contributed by atoms with van der Waals surface area (Å²) in [6, 6.07) is 6.28. The van der Waals surface area contributed by atoms with E-state index in [0.29, 0.717) is 13.1 Å². The summed E-state index contributed by atoms with van der Waals surface area (Å²) < 4.78 is 23.0. The highest BCUT2D eigenvalue weighted by Crippen LogP contribution is 2.32. The van der Waals surface area contributed by atoms with Crippen molar-refractivity contribution in [1.82, 2.24) is 0 Å². The SMILES string of the molecule is O=S1(=O)CCN(c2cccc3c2CCCN3)CC1. The molecule has 1 aromatic carbocycles. The van der Waals surface area contributed by atoms with Crippen LogP contribution in [0.1, 0.15) is 12.0 Å². The maximum Gasteiger partial charge on any atom is 0.153 e. The molecule has 1 fully saturated rings. The molecule has 2 aliphatic heterocycles. The van der Waals surface area contributed by atoms with Crippen molar-refractivity contribution in [3.63, 3.8) is 0 Å². The van der Waals surface area contributed by atoms with Gasteiger partial charge in [0.15, 0.2) is 9.84 Å². The van der Waals surface area contributed by atoms with E-state index in [1.807, 2.05) is 0 Å². The van der Waals surface area contributed by atoms with Gasteiger partial charge in [-0.1, -0.05) is 6.07 Å². The second kappa shape index (κ2) is 4.46. The van der Waals surface area contributed by atoms with Crippen molar-refractivity contribution in [1.29, 1.82) is 0 Å². The smallest absolute Gasteiger partial charge is 0.153 e. The predicted octanol–water partition coefficient (Wildman–Crippen LogP) is 1.28. The van der Waals surface area contributed by atoms with E-state index in [2.05, 4.69) is 28.4 Å². The van der Waals surface area contributed by atoms with E-state index in [4.69, 9.17) is 0 Å². The number of hydrogen-bond acceptors (Lipinski definition) is 4. The van der Waals surface area contributed by atoms with Crippen molar-refractivity contribution in [2.75, 3.05) is 41.4 Å². The van der Waals surface area contributed by atoms with E-state index in [1.54, 1.807) is 0 Å². The molecule has 0 unspecified atom stereocenters. The van der Waals surface area contributed by atoms with E-state index in [-0.39, 0.29) is 11.5 Å². The number of sulfone groups is 1. The van der Waals surface area contributed by atoms with Gasteiger partial charge in [-0.05, 0) is 30.5 Å². The van der Waals surface area contributed by atoms with Crippen LogP contribution in [-0.2, 0) is 16.3 Å². The van der Waals surface area contributed by atoms with Crippen LogP contribution in [0.2, 0.25) is 0 Å². The summed E-state index contributed by atoms with van der Waals surface area (Å²) in [5.41, 5.74) is 3.78. The summed E-state index contributed by atoms with van der Waals surface area (Å²) in [6.45, 7) is 2.28. The third-order valence-corrected chi connectivity index (χ3v) is 5.36. The molecule has 18 heavy (non-hydrogen) atoms. The van der Waals surface area contributed by atoms with Crippen LogP contribution in [0.5, 0.6) is 0 Å². The quantitative estimate of drug-likeness (QED) is 0.832. The normalized spacial score (nSPS) is 22.1. The van der Waals surface area contributed by atoms with Gasteiger partial charge in [0.05, 0.1) is 11.5 Å². The molecule has 5 heteroatoms. The van der Waals surface area contributed by atoms with Gasteiger partial charge in [-0.25, -0.2) is 8.42 Å². The van der Waals surface area contributed by atoms with Crippen LogP contribution in [0.15, 0.2) is 18.2 Å². The molecule has 0 aliphatic carbocycles. The van der Waals surface area contributed by atoms with Gasteiger partial charge in [-0.2, -0.15) is 0 Å². The molecule has 0 radical (unpaired) electrons. The molecule has 1 aromatic rings. The summed E-state index contributed by atoms with van der Waals surface area (Å²) in [4.78, 5) is 2.22. The Morgan fingerprint density at radius 3 is 2.72 bits per heavy atom. The van der Waals surface area contributed by atoms with Gasteiger partial charge < -0.3 is 10.2 Å². The fraction of sp³-hybridized carbons (Fsp3) is 0.538. The zero-order chi connectivity index (χ0) is 12.6. The summed E-state index contributed by atoms with van der Waals surface area (Å²) in [5.74, 6) is 0.564. The number of hydrogen-bond donors (Lipinski definition) is 1. The average Bonchev–Trinajstić information content (AvgIpc) is 2.38. The Morgan fingerprint density at radius 2 is 1.94 bits per heavy atom. The Kier molecular flexibility index (Phi) is 2.93. The van der Waals surface area contributed by atoms with E-state index in [1.165, 1.54) is 16.9 Å². The summed E-state index contributed by atoms with van der Waals surface area (Å²) in [6.07, 6.45) is 2.23. The predicted molar refractivity (Wildman–Crippen MR) is 74.1 cm³/mol. The lowest BCUT2D eigenvalue weighted by atomic mass is 10.0. The van der Waals surface area contributed by atoms with Gasteiger partial charge in [0.1, 0.15) is 0 Å². The molecule has 2 heterocycles. The molecule has 3 rings (SSSR count). The van der Waals surface area contributed by atoms with Crippen molar-refractivity contribution < 1.29 is 8.42 Å². The van der Waals surface area contributed by atoms with Crippen LogP contribution in [0.3, 0.4) is 0 Å². The molecule has 0 saturated carbocycles. The van der Waals surface area contributed by atoms with Crippen molar-refractivity contribution in [2.24, 2.45) is 0 Å². The van der Waals surface area contributed by atoms with Gasteiger partial charge in [-0.3, -0.25) is 0 Å². The first-order valence-electron chi connectivity index (χ1n) is 6.47. The van der Waals surface area contributed by atoms with Gasteiger partial charge in [0, 0.05) is 31.0 Å². The zero-order valence-corrected chi connectivity index (χ0v) is 11.2. The van der Waals surface area contributed by atoms with Crippen LogP contribution in [0, 0.1) is 0 Å². The molecule has 0 amide bonds. The number of benzene rings is 1. The second-order valence-corrected chi connectivity index (χ2v) is 7.28. The highest BCUT2D eigenvalue weighted by molar-refractivity contribution is 7.91. The van der Waals surface area contributed by atoms with Gasteiger partial charge in [0.25, 0.3) is 0 Å². The molecule has 0 spiro atoms. The van der Waals surface area contributed by atoms with Crippen LogP contribution in [0.25, 0.3) is 0 Å². The largest absolute Gasteiger partial charge is 0.385 e. The summed E-state index contributed by atoms with van der Waals surface area (Å²) >= 11 is 0. The van der Waals surface area contributed by atoms with Crippen LogP contribution in [-0.4, -0.2) is 39.6 Å². The fourth-order valence-corrected chi connectivity index (χ4v) is 3.94. The monoisotopic (exact) mass is 266 g/mol. The standard InChI is InChI=1S/C13H18N2O2S/c16-18(17)9-7-15(8-10-18)13-5-1-4-12-11(13)3-2-6-14-12/h1,4-5,14H,2-3,6-10H2. The van der Waals surface area contributed by atoms with Gasteiger partial charge in [0.2, 0.25) is 0 Å². The van der Waals surface area contributed by atoms with Gasteiger partial charge in [-0.15, -0.1) is 0 Å². The highest BCUT2D eigenvalue weighted by atomic mass is 32.2. The molecule has 0 bridgehead atoms. The minimum atomic E-state index is -2.80. The van der Waals surface area contributed by atoms with Gasteiger partial charge >= 0.3 is 0 Å². The second-order valence-electron chi connectivity index (χ2n) is 4.97. The average molecular weight is 266 g/mol. The number of fused-ring (bicyclic) bond motifs is 1. The van der Waals surface area contributed by atoms with Crippen molar-refractivity contribution in [3.05, 3.63) is 23.8 Å². The van der Waals surface area contributed by atoms with Crippen LogP contribution < -0.4 is 10.2 Å². The minimum absolute atomic E-state index is 0.282. The lowest BCUT2D eigenvalue weighted by Crippen LogP contribution is -2.40. The fourth-order valence-electron chi connectivity index (χ4n) is 2.74. The summed E-state index contributed by atoms with van der Waals surface area (Å²) in [5, 5.41) is 3.41. The lowest BCUT2D eigenvalue weighted by Gasteiger charge is -2.32. The van der Waals surface area contributed by atoms with E-state index in [9.17, 15) is 8.42 Å².